The Labute approximate surface area is 95.4 Å². The van der Waals surface area contributed by atoms with Gasteiger partial charge in [0.2, 0.25) is 0 Å². The molecule has 88 valence electrons. The van der Waals surface area contributed by atoms with Crippen molar-refractivity contribution in [3.8, 4) is 0 Å². The predicted molar refractivity (Wildman–Crippen MR) is 61.3 cm³/mol. The first-order valence-corrected chi connectivity index (χ1v) is 5.61. The highest BCUT2D eigenvalue weighted by molar-refractivity contribution is 5.95. The number of hydrogen-bond acceptors (Lipinski definition) is 3. The van der Waals surface area contributed by atoms with Crippen LogP contribution in [-0.2, 0) is 7.05 Å². The van der Waals surface area contributed by atoms with Crippen molar-refractivity contribution in [1.29, 1.82) is 0 Å². The highest BCUT2D eigenvalue weighted by atomic mass is 16.2. The number of nitrogens with zero attached hydrogens (tertiary/aromatic N) is 3. The topological polar surface area (TPSA) is 50.2 Å². The Morgan fingerprint density at radius 1 is 1.62 bits per heavy atom. The lowest BCUT2D eigenvalue weighted by Gasteiger charge is -2.33. The zero-order valence-electron chi connectivity index (χ0n) is 10.0. The Morgan fingerprint density at radius 2 is 2.38 bits per heavy atom. The summed E-state index contributed by atoms with van der Waals surface area (Å²) in [5.41, 5.74) is 1.52. The number of nitrogens with one attached hydrogen (secondary N) is 1. The monoisotopic (exact) mass is 222 g/mol. The summed E-state index contributed by atoms with van der Waals surface area (Å²) in [5.74, 6) is 0.0969. The minimum Gasteiger partial charge on any atom is -0.333 e. The summed E-state index contributed by atoms with van der Waals surface area (Å²) in [4.78, 5) is 14.2. The van der Waals surface area contributed by atoms with Gasteiger partial charge in [-0.3, -0.25) is 9.48 Å². The van der Waals surface area contributed by atoms with Gasteiger partial charge in [0, 0.05) is 38.9 Å². The first kappa shape index (κ1) is 11.1. The summed E-state index contributed by atoms with van der Waals surface area (Å²) in [6.45, 7) is 6.45. The number of hydrogen-bond donors (Lipinski definition) is 1. The molecule has 2 heterocycles. The van der Waals surface area contributed by atoms with E-state index < -0.39 is 0 Å². The van der Waals surface area contributed by atoms with E-state index in [1.54, 1.807) is 10.9 Å². The Hall–Kier alpha value is -1.36. The molecule has 0 aromatic carbocycles. The molecular weight excluding hydrogens is 204 g/mol. The third-order valence-corrected chi connectivity index (χ3v) is 3.01. The number of amides is 1. The molecule has 0 radical (unpaired) electrons. The lowest BCUT2D eigenvalue weighted by molar-refractivity contribution is 0.0655. The quantitative estimate of drug-likeness (QED) is 0.736. The molecule has 5 nitrogen and oxygen atoms in total. The molecule has 1 aromatic rings. The van der Waals surface area contributed by atoms with Crippen molar-refractivity contribution in [2.45, 2.75) is 19.9 Å². The highest BCUT2D eigenvalue weighted by Crippen LogP contribution is 2.12. The minimum absolute atomic E-state index is 0.0969. The van der Waals surface area contributed by atoms with E-state index >= 15 is 0 Å². The van der Waals surface area contributed by atoms with E-state index in [1.807, 2.05) is 18.9 Å². The number of aromatic nitrogens is 2. The molecule has 1 amide bonds. The molecule has 1 aromatic heterocycles. The van der Waals surface area contributed by atoms with Gasteiger partial charge in [0.25, 0.3) is 5.91 Å². The van der Waals surface area contributed by atoms with Crippen LogP contribution in [-0.4, -0.2) is 46.3 Å². The first-order valence-electron chi connectivity index (χ1n) is 5.61. The van der Waals surface area contributed by atoms with Crippen molar-refractivity contribution < 1.29 is 4.79 Å². The number of carbonyl (C=O) groups excluding carboxylic acids is 1. The zero-order valence-corrected chi connectivity index (χ0v) is 10.0. The van der Waals surface area contributed by atoms with Gasteiger partial charge in [-0.2, -0.15) is 5.10 Å². The zero-order chi connectivity index (χ0) is 11.7. The Balaban J connectivity index is 2.21. The fraction of sp³-hybridized carbons (Fsp3) is 0.636. The van der Waals surface area contributed by atoms with Gasteiger partial charge in [-0.25, -0.2) is 0 Å². The van der Waals surface area contributed by atoms with Crippen LogP contribution >= 0.6 is 0 Å². The van der Waals surface area contributed by atoms with Gasteiger partial charge in [-0.1, -0.05) is 0 Å². The molecule has 0 saturated carbocycles. The number of aryl methyl sites for hydroxylation is 2. The average Bonchev–Trinajstić information content (AvgIpc) is 2.58. The normalized spacial score (nSPS) is 21.2. The van der Waals surface area contributed by atoms with Gasteiger partial charge in [0.15, 0.2) is 0 Å². The molecule has 0 unspecified atom stereocenters. The van der Waals surface area contributed by atoms with Crippen molar-refractivity contribution in [1.82, 2.24) is 20.0 Å². The molecule has 1 atom stereocenters. The molecule has 1 aliphatic heterocycles. The van der Waals surface area contributed by atoms with Crippen LogP contribution in [0.1, 0.15) is 23.0 Å². The van der Waals surface area contributed by atoms with Crippen molar-refractivity contribution >= 4 is 5.91 Å². The summed E-state index contributed by atoms with van der Waals surface area (Å²) in [6, 6.07) is 0.251. The summed E-state index contributed by atoms with van der Waals surface area (Å²) >= 11 is 0. The van der Waals surface area contributed by atoms with Gasteiger partial charge in [-0.05, 0) is 13.8 Å². The van der Waals surface area contributed by atoms with Crippen molar-refractivity contribution in [2.75, 3.05) is 19.6 Å². The summed E-state index contributed by atoms with van der Waals surface area (Å²) in [6.07, 6.45) is 1.80. The molecule has 0 spiro atoms. The molecule has 0 bridgehead atoms. The maximum absolute atomic E-state index is 12.3. The van der Waals surface area contributed by atoms with E-state index in [0.717, 1.165) is 30.9 Å². The van der Waals surface area contributed by atoms with Gasteiger partial charge < -0.3 is 10.2 Å². The van der Waals surface area contributed by atoms with Crippen LogP contribution in [0.3, 0.4) is 0 Å². The second-order valence-electron chi connectivity index (χ2n) is 4.35. The van der Waals surface area contributed by atoms with Crippen LogP contribution in [0.4, 0.5) is 0 Å². The molecule has 0 aliphatic carbocycles. The summed E-state index contributed by atoms with van der Waals surface area (Å²) in [5, 5.41) is 7.48. The molecule has 1 N–H and O–H groups in total. The van der Waals surface area contributed by atoms with Crippen LogP contribution in [0.5, 0.6) is 0 Å². The van der Waals surface area contributed by atoms with Crippen molar-refractivity contribution in [3.05, 3.63) is 17.5 Å². The largest absolute Gasteiger partial charge is 0.333 e. The Bertz CT molecular complexity index is 399. The van der Waals surface area contributed by atoms with E-state index in [0.29, 0.717) is 0 Å². The molecular formula is C11H18N4O. The van der Waals surface area contributed by atoms with Gasteiger partial charge in [-0.15, -0.1) is 0 Å². The van der Waals surface area contributed by atoms with E-state index in [1.165, 1.54) is 0 Å². The van der Waals surface area contributed by atoms with Crippen LogP contribution < -0.4 is 5.32 Å². The molecule has 16 heavy (non-hydrogen) atoms. The SMILES string of the molecule is Cc1nn(C)cc1C(=O)N1CCNC[C@@H]1C. The predicted octanol–water partition coefficient (Wildman–Crippen LogP) is 0.162. The summed E-state index contributed by atoms with van der Waals surface area (Å²) in [7, 11) is 1.84. The number of rotatable bonds is 1. The molecule has 1 fully saturated rings. The molecule has 2 rings (SSSR count). The van der Waals surface area contributed by atoms with Crippen molar-refractivity contribution in [2.24, 2.45) is 7.05 Å². The van der Waals surface area contributed by atoms with E-state index in [2.05, 4.69) is 17.3 Å². The molecule has 5 heteroatoms. The Morgan fingerprint density at radius 3 is 2.94 bits per heavy atom. The minimum atomic E-state index is 0.0969. The van der Waals surface area contributed by atoms with E-state index in [9.17, 15) is 4.79 Å². The lowest BCUT2D eigenvalue weighted by Crippen LogP contribution is -2.52. The standard InChI is InChI=1S/C11H18N4O/c1-8-6-12-4-5-15(8)11(16)10-7-14(3)13-9(10)2/h7-8,12H,4-6H2,1-3H3/t8-/m0/s1. The second-order valence-corrected chi connectivity index (χ2v) is 4.35. The third-order valence-electron chi connectivity index (χ3n) is 3.01. The van der Waals surface area contributed by atoms with Gasteiger partial charge in [0.05, 0.1) is 11.3 Å². The number of carbonyl (C=O) groups is 1. The van der Waals surface area contributed by atoms with Crippen LogP contribution in [0.25, 0.3) is 0 Å². The third kappa shape index (κ3) is 1.95. The lowest BCUT2D eigenvalue weighted by atomic mass is 10.1. The maximum Gasteiger partial charge on any atom is 0.257 e. The first-order chi connectivity index (χ1) is 7.59. The molecule has 1 aliphatic rings. The maximum atomic E-state index is 12.3. The number of piperazine rings is 1. The second kappa shape index (κ2) is 4.25. The van der Waals surface area contributed by atoms with Crippen LogP contribution in [0, 0.1) is 6.92 Å². The van der Waals surface area contributed by atoms with E-state index in [-0.39, 0.29) is 11.9 Å². The van der Waals surface area contributed by atoms with Crippen molar-refractivity contribution in [3.63, 3.8) is 0 Å². The smallest absolute Gasteiger partial charge is 0.257 e. The fourth-order valence-corrected chi connectivity index (χ4v) is 2.11. The fourth-order valence-electron chi connectivity index (χ4n) is 2.11. The van der Waals surface area contributed by atoms with Crippen LogP contribution in [0.15, 0.2) is 6.20 Å². The van der Waals surface area contributed by atoms with E-state index in [4.69, 9.17) is 0 Å². The Kier molecular flexibility index (Phi) is 2.96. The van der Waals surface area contributed by atoms with Crippen LogP contribution in [0.2, 0.25) is 0 Å². The molecule has 1 saturated heterocycles. The summed E-state index contributed by atoms with van der Waals surface area (Å²) < 4.78 is 1.69. The highest BCUT2D eigenvalue weighted by Gasteiger charge is 2.26. The van der Waals surface area contributed by atoms with Gasteiger partial charge >= 0.3 is 0 Å². The van der Waals surface area contributed by atoms with Gasteiger partial charge in [0.1, 0.15) is 0 Å². The average molecular weight is 222 g/mol.